The topological polar surface area (TPSA) is 34.1 Å². The van der Waals surface area contributed by atoms with Crippen molar-refractivity contribution in [2.75, 3.05) is 12.4 Å². The zero-order chi connectivity index (χ0) is 15.0. The van der Waals surface area contributed by atoms with Gasteiger partial charge in [-0.25, -0.2) is 0 Å². The first-order valence-electron chi connectivity index (χ1n) is 6.54. The molecule has 0 aliphatic heterocycles. The standard InChI is InChI=1S/C16H15BrN2OS/c1-9-4-5-13(20-3)10(2)14(9)19-15-11(17)8-18-12-6-7-21-16(12)15/h4-8H,1-3H3,(H,18,19). The van der Waals surface area contributed by atoms with Gasteiger partial charge in [0.15, 0.2) is 0 Å². The van der Waals surface area contributed by atoms with Gasteiger partial charge in [0, 0.05) is 17.4 Å². The molecule has 3 rings (SSSR count). The van der Waals surface area contributed by atoms with Gasteiger partial charge in [0.25, 0.3) is 0 Å². The molecule has 3 nitrogen and oxygen atoms in total. The molecule has 2 heterocycles. The summed E-state index contributed by atoms with van der Waals surface area (Å²) in [6.45, 7) is 4.16. The van der Waals surface area contributed by atoms with Crippen LogP contribution in [0.3, 0.4) is 0 Å². The largest absolute Gasteiger partial charge is 0.496 e. The Morgan fingerprint density at radius 3 is 2.76 bits per heavy atom. The van der Waals surface area contributed by atoms with E-state index >= 15 is 0 Å². The number of halogens is 1. The Balaban J connectivity index is 2.15. The summed E-state index contributed by atoms with van der Waals surface area (Å²) in [4.78, 5) is 4.42. The summed E-state index contributed by atoms with van der Waals surface area (Å²) in [7, 11) is 1.70. The molecule has 0 aliphatic rings. The SMILES string of the molecule is COc1ccc(C)c(Nc2c(Br)cnc3ccsc23)c1C. The minimum absolute atomic E-state index is 0.885. The van der Waals surface area contributed by atoms with Crippen LogP contribution >= 0.6 is 27.3 Å². The minimum Gasteiger partial charge on any atom is -0.496 e. The number of fused-ring (bicyclic) bond motifs is 1. The first kappa shape index (κ1) is 14.4. The maximum Gasteiger partial charge on any atom is 0.123 e. The van der Waals surface area contributed by atoms with E-state index < -0.39 is 0 Å². The van der Waals surface area contributed by atoms with Gasteiger partial charge in [0.1, 0.15) is 5.75 Å². The summed E-state index contributed by atoms with van der Waals surface area (Å²) in [6.07, 6.45) is 1.84. The number of methoxy groups -OCH3 is 1. The number of benzene rings is 1. The van der Waals surface area contributed by atoms with Gasteiger partial charge in [-0.05, 0) is 52.9 Å². The third-order valence-electron chi connectivity index (χ3n) is 3.52. The predicted octanol–water partition coefficient (Wildman–Crippen LogP) is 5.43. The van der Waals surface area contributed by atoms with Crippen molar-refractivity contribution in [3.8, 4) is 5.75 Å². The number of nitrogens with one attached hydrogen (secondary N) is 1. The van der Waals surface area contributed by atoms with E-state index in [1.807, 2.05) is 18.3 Å². The monoisotopic (exact) mass is 362 g/mol. The van der Waals surface area contributed by atoms with Crippen molar-refractivity contribution in [2.45, 2.75) is 13.8 Å². The molecular weight excluding hydrogens is 348 g/mol. The highest BCUT2D eigenvalue weighted by Gasteiger charge is 2.13. The zero-order valence-corrected chi connectivity index (χ0v) is 14.4. The number of pyridine rings is 1. The molecule has 0 amide bonds. The number of thiophene rings is 1. The molecule has 108 valence electrons. The van der Waals surface area contributed by atoms with Crippen molar-refractivity contribution < 1.29 is 4.74 Å². The Morgan fingerprint density at radius 1 is 1.19 bits per heavy atom. The number of nitrogens with zero attached hydrogens (tertiary/aromatic N) is 1. The second-order valence-electron chi connectivity index (χ2n) is 4.83. The lowest BCUT2D eigenvalue weighted by Crippen LogP contribution is -1.99. The van der Waals surface area contributed by atoms with Gasteiger partial charge in [-0.1, -0.05) is 6.07 Å². The number of aromatic nitrogens is 1. The van der Waals surface area contributed by atoms with E-state index in [0.717, 1.165) is 37.4 Å². The van der Waals surface area contributed by atoms with Crippen LogP contribution < -0.4 is 10.1 Å². The molecule has 0 radical (unpaired) electrons. The number of hydrogen-bond donors (Lipinski definition) is 1. The molecule has 0 saturated carbocycles. The zero-order valence-electron chi connectivity index (χ0n) is 12.0. The summed E-state index contributed by atoms with van der Waals surface area (Å²) in [5.41, 5.74) is 5.42. The molecule has 2 aromatic heterocycles. The van der Waals surface area contributed by atoms with Gasteiger partial charge >= 0.3 is 0 Å². The van der Waals surface area contributed by atoms with Gasteiger partial charge in [0.05, 0.1) is 27.5 Å². The lowest BCUT2D eigenvalue weighted by atomic mass is 10.1. The molecule has 21 heavy (non-hydrogen) atoms. The van der Waals surface area contributed by atoms with Gasteiger partial charge in [-0.15, -0.1) is 11.3 Å². The number of ether oxygens (including phenoxy) is 1. The predicted molar refractivity (Wildman–Crippen MR) is 93.1 cm³/mol. The molecule has 1 N–H and O–H groups in total. The molecule has 0 unspecified atom stereocenters. The second-order valence-corrected chi connectivity index (χ2v) is 6.60. The Bertz CT molecular complexity index is 813. The molecule has 0 bridgehead atoms. The maximum atomic E-state index is 5.42. The molecule has 1 aromatic carbocycles. The van der Waals surface area contributed by atoms with Gasteiger partial charge in [-0.3, -0.25) is 4.98 Å². The third-order valence-corrected chi connectivity index (χ3v) is 5.04. The Hall–Kier alpha value is -1.59. The van der Waals surface area contributed by atoms with E-state index in [-0.39, 0.29) is 0 Å². The van der Waals surface area contributed by atoms with Gasteiger partial charge in [-0.2, -0.15) is 0 Å². The summed E-state index contributed by atoms with van der Waals surface area (Å²) in [6, 6.07) is 6.09. The highest BCUT2D eigenvalue weighted by atomic mass is 79.9. The summed E-state index contributed by atoms with van der Waals surface area (Å²) < 4.78 is 7.52. The van der Waals surface area contributed by atoms with Crippen molar-refractivity contribution in [2.24, 2.45) is 0 Å². The van der Waals surface area contributed by atoms with Crippen LogP contribution in [0.5, 0.6) is 5.75 Å². The van der Waals surface area contributed by atoms with Crippen LogP contribution in [0.2, 0.25) is 0 Å². The molecule has 0 fully saturated rings. The number of aryl methyl sites for hydroxylation is 1. The van der Waals surface area contributed by atoms with Crippen LogP contribution in [0, 0.1) is 13.8 Å². The van der Waals surface area contributed by atoms with Crippen molar-refractivity contribution in [3.05, 3.63) is 45.4 Å². The lowest BCUT2D eigenvalue weighted by Gasteiger charge is -2.17. The molecule has 0 spiro atoms. The van der Waals surface area contributed by atoms with Gasteiger partial charge in [0.2, 0.25) is 0 Å². The number of hydrogen-bond acceptors (Lipinski definition) is 4. The highest BCUT2D eigenvalue weighted by molar-refractivity contribution is 9.10. The molecule has 0 saturated heterocycles. The van der Waals surface area contributed by atoms with E-state index in [2.05, 4.69) is 51.5 Å². The lowest BCUT2D eigenvalue weighted by molar-refractivity contribution is 0.412. The second kappa shape index (κ2) is 5.66. The minimum atomic E-state index is 0.885. The molecular formula is C16H15BrN2OS. The number of anilines is 2. The van der Waals surface area contributed by atoms with Crippen LogP contribution in [0.25, 0.3) is 10.2 Å². The quantitative estimate of drug-likeness (QED) is 0.674. The van der Waals surface area contributed by atoms with Crippen LogP contribution in [0.15, 0.2) is 34.2 Å². The number of rotatable bonds is 3. The average Bonchev–Trinajstić information content (AvgIpc) is 2.94. The molecule has 0 atom stereocenters. The Morgan fingerprint density at radius 2 is 2.00 bits per heavy atom. The summed E-state index contributed by atoms with van der Waals surface area (Å²) in [5.74, 6) is 0.885. The third kappa shape index (κ3) is 2.51. The van der Waals surface area contributed by atoms with E-state index in [1.54, 1.807) is 18.4 Å². The van der Waals surface area contributed by atoms with E-state index in [9.17, 15) is 0 Å². The first-order chi connectivity index (χ1) is 10.1. The van der Waals surface area contributed by atoms with Crippen molar-refractivity contribution in [1.29, 1.82) is 0 Å². The van der Waals surface area contributed by atoms with E-state index in [1.165, 1.54) is 5.56 Å². The fraction of sp³-hybridized carbons (Fsp3) is 0.188. The average molecular weight is 363 g/mol. The van der Waals surface area contributed by atoms with Crippen LogP contribution in [-0.2, 0) is 0 Å². The fourth-order valence-electron chi connectivity index (χ4n) is 2.37. The smallest absolute Gasteiger partial charge is 0.123 e. The van der Waals surface area contributed by atoms with Crippen LogP contribution in [0.1, 0.15) is 11.1 Å². The molecule has 5 heteroatoms. The van der Waals surface area contributed by atoms with E-state index in [0.29, 0.717) is 0 Å². The maximum absolute atomic E-state index is 5.42. The van der Waals surface area contributed by atoms with Crippen LogP contribution in [-0.4, -0.2) is 12.1 Å². The van der Waals surface area contributed by atoms with Crippen molar-refractivity contribution in [3.63, 3.8) is 0 Å². The summed E-state index contributed by atoms with van der Waals surface area (Å²) in [5, 5.41) is 5.61. The summed E-state index contributed by atoms with van der Waals surface area (Å²) >= 11 is 5.28. The van der Waals surface area contributed by atoms with Gasteiger partial charge < -0.3 is 10.1 Å². The Labute approximate surface area is 136 Å². The molecule has 3 aromatic rings. The highest BCUT2D eigenvalue weighted by Crippen LogP contribution is 2.38. The van der Waals surface area contributed by atoms with Crippen molar-refractivity contribution >= 4 is 48.9 Å². The van der Waals surface area contributed by atoms with E-state index in [4.69, 9.17) is 4.74 Å². The normalized spacial score (nSPS) is 10.9. The first-order valence-corrected chi connectivity index (χ1v) is 8.22. The fourth-order valence-corrected chi connectivity index (χ4v) is 3.76. The Kier molecular flexibility index (Phi) is 3.87. The van der Waals surface area contributed by atoms with Crippen LogP contribution in [0.4, 0.5) is 11.4 Å². The van der Waals surface area contributed by atoms with Crippen molar-refractivity contribution in [1.82, 2.24) is 4.98 Å². The molecule has 0 aliphatic carbocycles.